The SMILES string of the molecule is C[CH]([Cr][C]1=CC(c2ccccc2)=CC1)c1ccccn1.Cl.Cl. The molecule has 4 heteroatoms. The molecule has 0 saturated carbocycles. The van der Waals surface area contributed by atoms with E-state index in [0.29, 0.717) is 20.0 Å². The fourth-order valence-corrected chi connectivity index (χ4v) is 4.02. The van der Waals surface area contributed by atoms with Crippen LogP contribution in [0.3, 0.4) is 0 Å². The van der Waals surface area contributed by atoms with Gasteiger partial charge in [-0.3, -0.25) is 0 Å². The summed E-state index contributed by atoms with van der Waals surface area (Å²) in [4.78, 5) is 4.47. The fourth-order valence-electron chi connectivity index (χ4n) is 2.32. The number of hydrogen-bond acceptors (Lipinski definition) is 1. The topological polar surface area (TPSA) is 12.9 Å². The Morgan fingerprint density at radius 2 is 1.73 bits per heavy atom. The van der Waals surface area contributed by atoms with Crippen molar-refractivity contribution in [3.05, 3.63) is 82.6 Å². The van der Waals surface area contributed by atoms with Gasteiger partial charge in [0.05, 0.1) is 0 Å². The van der Waals surface area contributed by atoms with Gasteiger partial charge in [0.1, 0.15) is 0 Å². The number of allylic oxidation sites excluding steroid dienone is 4. The molecule has 1 aliphatic rings. The van der Waals surface area contributed by atoms with Crippen molar-refractivity contribution in [1.82, 2.24) is 4.98 Å². The molecule has 22 heavy (non-hydrogen) atoms. The van der Waals surface area contributed by atoms with E-state index < -0.39 is 0 Å². The summed E-state index contributed by atoms with van der Waals surface area (Å²) in [7, 11) is 0. The van der Waals surface area contributed by atoms with E-state index >= 15 is 0 Å². The van der Waals surface area contributed by atoms with Crippen molar-refractivity contribution < 1.29 is 15.2 Å². The number of benzene rings is 1. The van der Waals surface area contributed by atoms with Crippen LogP contribution in [-0.2, 0) is 15.2 Å². The Morgan fingerprint density at radius 3 is 2.41 bits per heavy atom. The maximum absolute atomic E-state index is 4.47. The maximum Gasteiger partial charge on any atom is -0.147 e. The van der Waals surface area contributed by atoms with Crippen LogP contribution in [0.5, 0.6) is 0 Å². The van der Waals surface area contributed by atoms with E-state index in [1.807, 2.05) is 12.3 Å². The molecule has 116 valence electrons. The zero-order valence-corrected chi connectivity index (χ0v) is 15.2. The first kappa shape index (κ1) is 19.0. The van der Waals surface area contributed by atoms with Crippen LogP contribution in [-0.4, -0.2) is 4.98 Å². The minimum atomic E-state index is 0. The Hall–Kier alpha value is -1.04. The second-order valence-corrected chi connectivity index (χ2v) is 7.15. The van der Waals surface area contributed by atoms with Crippen LogP contribution in [0.1, 0.15) is 29.4 Å². The van der Waals surface area contributed by atoms with Gasteiger partial charge in [0.2, 0.25) is 0 Å². The van der Waals surface area contributed by atoms with Crippen molar-refractivity contribution in [2.75, 3.05) is 0 Å². The van der Waals surface area contributed by atoms with E-state index in [9.17, 15) is 0 Å². The molecule has 0 amide bonds. The molecule has 0 radical (unpaired) electrons. The third kappa shape index (κ3) is 4.73. The van der Waals surface area contributed by atoms with Crippen molar-refractivity contribution in [3.8, 4) is 0 Å². The van der Waals surface area contributed by atoms with E-state index in [4.69, 9.17) is 0 Å². The van der Waals surface area contributed by atoms with Gasteiger partial charge in [-0.15, -0.1) is 24.8 Å². The molecule has 0 saturated heterocycles. The molecule has 1 heterocycles. The predicted molar refractivity (Wildman–Crippen MR) is 94.3 cm³/mol. The number of halogens is 2. The molecular weight excluding hydrogens is 353 g/mol. The second-order valence-electron chi connectivity index (χ2n) is 4.85. The Bertz CT molecular complexity index is 639. The van der Waals surface area contributed by atoms with Gasteiger partial charge in [-0.2, -0.15) is 0 Å². The zero-order valence-electron chi connectivity index (χ0n) is 12.3. The van der Waals surface area contributed by atoms with Gasteiger partial charge < -0.3 is 0 Å². The molecule has 1 aliphatic carbocycles. The van der Waals surface area contributed by atoms with Crippen molar-refractivity contribution >= 4 is 30.4 Å². The predicted octanol–water partition coefficient (Wildman–Crippen LogP) is 5.44. The summed E-state index contributed by atoms with van der Waals surface area (Å²) in [6.07, 6.45) is 7.70. The average molecular weight is 372 g/mol. The molecule has 0 N–H and O–H groups in total. The quantitative estimate of drug-likeness (QED) is 0.697. The number of rotatable bonds is 4. The number of hydrogen-bond donors (Lipinski definition) is 0. The number of nitrogens with zero attached hydrogens (tertiary/aromatic N) is 1. The molecule has 0 aliphatic heterocycles. The largest absolute Gasteiger partial charge is 0.147 e. The van der Waals surface area contributed by atoms with Crippen LogP contribution < -0.4 is 0 Å². The first-order chi connectivity index (χ1) is 9.83. The van der Waals surface area contributed by atoms with E-state index in [1.165, 1.54) is 16.8 Å². The van der Waals surface area contributed by atoms with Gasteiger partial charge in [0.15, 0.2) is 0 Å². The van der Waals surface area contributed by atoms with E-state index in [-0.39, 0.29) is 24.8 Å². The van der Waals surface area contributed by atoms with Crippen molar-refractivity contribution in [1.29, 1.82) is 0 Å². The van der Waals surface area contributed by atoms with Crippen molar-refractivity contribution in [3.63, 3.8) is 0 Å². The summed E-state index contributed by atoms with van der Waals surface area (Å²) in [5.74, 6) is 0. The first-order valence-corrected chi connectivity index (χ1v) is 8.24. The smallest absolute Gasteiger partial charge is 0.147 e. The molecule has 1 aromatic carbocycles. The number of aromatic nitrogens is 1. The van der Waals surface area contributed by atoms with Gasteiger partial charge in [-0.05, 0) is 0 Å². The summed E-state index contributed by atoms with van der Waals surface area (Å²) >= 11 is 0.474. The maximum atomic E-state index is 4.47. The molecule has 0 bridgehead atoms. The Labute approximate surface area is 151 Å². The molecule has 1 aromatic heterocycles. The molecule has 0 fully saturated rings. The number of pyridine rings is 1. The van der Waals surface area contributed by atoms with Crippen molar-refractivity contribution in [2.24, 2.45) is 0 Å². The van der Waals surface area contributed by atoms with Gasteiger partial charge >= 0.3 is 126 Å². The Balaban J connectivity index is 0.00000121. The summed E-state index contributed by atoms with van der Waals surface area (Å²) in [5.41, 5.74) is 3.90. The zero-order chi connectivity index (χ0) is 13.8. The molecule has 1 nitrogen and oxygen atoms in total. The van der Waals surface area contributed by atoms with Crippen LogP contribution in [0.2, 0.25) is 0 Å². The van der Waals surface area contributed by atoms with Crippen LogP contribution in [0.15, 0.2) is 71.3 Å². The van der Waals surface area contributed by atoms with Crippen LogP contribution >= 0.6 is 24.8 Å². The normalized spacial score (nSPS) is 14.2. The van der Waals surface area contributed by atoms with Gasteiger partial charge in [0, 0.05) is 0 Å². The molecule has 2 aromatic rings. The standard InChI is InChI=1S/C11H9.C7H8N.2ClH.Cr/c1-2-6-10(7-3-1)11-8-4-5-9-11;1-2-7-5-3-4-6-8-7;;;/h1-3,6-9H,4H2;2-6H,1H3;2*1H;. The fraction of sp³-hybridized carbons (Fsp3) is 0.167. The third-order valence-electron chi connectivity index (χ3n) is 3.38. The summed E-state index contributed by atoms with van der Waals surface area (Å²) < 4.78 is 2.10. The Kier molecular flexibility index (Phi) is 7.93. The van der Waals surface area contributed by atoms with E-state index in [1.54, 1.807) is 4.44 Å². The minimum Gasteiger partial charge on any atom is -0.147 e. The monoisotopic (exact) mass is 371 g/mol. The summed E-state index contributed by atoms with van der Waals surface area (Å²) in [5, 5.41) is 0. The van der Waals surface area contributed by atoms with Crippen LogP contribution in [0.25, 0.3) is 5.57 Å². The molecule has 3 rings (SSSR count). The van der Waals surface area contributed by atoms with Crippen LogP contribution in [0.4, 0.5) is 0 Å². The second kappa shape index (κ2) is 9.18. The van der Waals surface area contributed by atoms with E-state index in [2.05, 4.69) is 66.5 Å². The average Bonchev–Trinajstić information content (AvgIpc) is 2.97. The molecule has 0 spiro atoms. The first-order valence-electron chi connectivity index (χ1n) is 6.86. The molecular formula is C18H19Cl2CrN. The van der Waals surface area contributed by atoms with Crippen molar-refractivity contribution in [2.45, 2.75) is 18.1 Å². The van der Waals surface area contributed by atoms with Gasteiger partial charge in [0.25, 0.3) is 0 Å². The minimum absolute atomic E-state index is 0. The summed E-state index contributed by atoms with van der Waals surface area (Å²) in [6.45, 7) is 2.28. The van der Waals surface area contributed by atoms with Gasteiger partial charge in [-0.1, -0.05) is 0 Å². The summed E-state index contributed by atoms with van der Waals surface area (Å²) in [6, 6.07) is 16.8. The van der Waals surface area contributed by atoms with Gasteiger partial charge in [-0.25, -0.2) is 0 Å². The molecule has 1 atom stereocenters. The molecule has 1 unspecified atom stereocenters. The Morgan fingerprint density at radius 1 is 1.00 bits per heavy atom. The third-order valence-corrected chi connectivity index (χ3v) is 5.23. The van der Waals surface area contributed by atoms with Crippen LogP contribution in [0, 0.1) is 0 Å². The van der Waals surface area contributed by atoms with E-state index in [0.717, 1.165) is 6.42 Å².